The molecule has 0 unspecified atom stereocenters. The molecule has 94 valence electrons. The molecule has 0 aliphatic heterocycles. The molecule has 0 amide bonds. The van der Waals surface area contributed by atoms with Gasteiger partial charge >= 0.3 is 0 Å². The van der Waals surface area contributed by atoms with E-state index in [9.17, 15) is 10.2 Å². The highest BCUT2D eigenvalue weighted by molar-refractivity contribution is 5.13. The molecule has 0 saturated carbocycles. The van der Waals surface area contributed by atoms with Gasteiger partial charge in [0.15, 0.2) is 0 Å². The van der Waals surface area contributed by atoms with E-state index in [0.29, 0.717) is 26.1 Å². The molecule has 0 radical (unpaired) electrons. The first kappa shape index (κ1) is 13.9. The van der Waals surface area contributed by atoms with Crippen molar-refractivity contribution in [2.24, 2.45) is 0 Å². The third-order valence-electron chi connectivity index (χ3n) is 2.52. The summed E-state index contributed by atoms with van der Waals surface area (Å²) < 4.78 is 5.42. The van der Waals surface area contributed by atoms with Gasteiger partial charge < -0.3 is 14.9 Å². The highest BCUT2D eigenvalue weighted by Gasteiger charge is 2.13. The third-order valence-corrected chi connectivity index (χ3v) is 2.52. The van der Waals surface area contributed by atoms with Crippen molar-refractivity contribution in [3.63, 3.8) is 0 Å². The zero-order valence-electron chi connectivity index (χ0n) is 9.96. The minimum Gasteiger partial charge on any atom is -0.390 e. The average molecular weight is 236 g/mol. The van der Waals surface area contributed by atoms with Gasteiger partial charge in [-0.1, -0.05) is 36.4 Å². The molecule has 0 aromatic heterocycles. The van der Waals surface area contributed by atoms with Crippen LogP contribution in [0.3, 0.4) is 0 Å². The second-order valence-electron chi connectivity index (χ2n) is 3.99. The molecule has 2 N–H and O–H groups in total. The number of ether oxygens (including phenoxy) is 1. The van der Waals surface area contributed by atoms with Crippen LogP contribution in [0, 0.1) is 0 Å². The van der Waals surface area contributed by atoms with Gasteiger partial charge in [-0.3, -0.25) is 0 Å². The minimum atomic E-state index is -0.747. The number of hydrogen-bond donors (Lipinski definition) is 2. The highest BCUT2D eigenvalue weighted by Crippen LogP contribution is 2.06. The molecule has 0 aliphatic carbocycles. The molecule has 2 atom stereocenters. The lowest BCUT2D eigenvalue weighted by molar-refractivity contribution is -0.00494. The Morgan fingerprint density at radius 1 is 1.18 bits per heavy atom. The first-order chi connectivity index (χ1) is 8.24. The van der Waals surface area contributed by atoms with E-state index in [1.807, 2.05) is 30.3 Å². The number of hydrogen-bond acceptors (Lipinski definition) is 3. The maximum atomic E-state index is 9.57. The molecule has 17 heavy (non-hydrogen) atoms. The van der Waals surface area contributed by atoms with E-state index in [1.54, 1.807) is 6.08 Å². The first-order valence-corrected chi connectivity index (χ1v) is 5.82. The molecule has 0 spiro atoms. The Labute approximate surface area is 102 Å². The van der Waals surface area contributed by atoms with Crippen LogP contribution in [-0.2, 0) is 11.3 Å². The summed E-state index contributed by atoms with van der Waals surface area (Å²) >= 11 is 0. The lowest BCUT2D eigenvalue weighted by Gasteiger charge is -2.16. The monoisotopic (exact) mass is 236 g/mol. The molecule has 3 heteroatoms. The van der Waals surface area contributed by atoms with Crippen molar-refractivity contribution >= 4 is 0 Å². The van der Waals surface area contributed by atoms with Crippen molar-refractivity contribution in [2.45, 2.75) is 31.7 Å². The van der Waals surface area contributed by atoms with Crippen LogP contribution in [-0.4, -0.2) is 29.0 Å². The average Bonchev–Trinajstić information content (AvgIpc) is 2.36. The van der Waals surface area contributed by atoms with Crippen molar-refractivity contribution in [3.8, 4) is 0 Å². The topological polar surface area (TPSA) is 49.7 Å². The predicted octanol–water partition coefficient (Wildman–Crippen LogP) is 1.89. The number of aliphatic hydroxyl groups excluding tert-OH is 2. The fourth-order valence-corrected chi connectivity index (χ4v) is 1.49. The van der Waals surface area contributed by atoms with Crippen LogP contribution >= 0.6 is 0 Å². The molecular formula is C14H20O3. The van der Waals surface area contributed by atoms with Crippen LogP contribution in [0.15, 0.2) is 43.0 Å². The quantitative estimate of drug-likeness (QED) is 0.535. The van der Waals surface area contributed by atoms with Gasteiger partial charge in [-0.05, 0) is 18.4 Å². The Hall–Kier alpha value is -1.16. The second kappa shape index (κ2) is 8.01. The molecule has 0 fully saturated rings. The Morgan fingerprint density at radius 3 is 2.53 bits per heavy atom. The van der Waals surface area contributed by atoms with Crippen LogP contribution < -0.4 is 0 Å². The Bertz CT molecular complexity index is 311. The van der Waals surface area contributed by atoms with Gasteiger partial charge in [0, 0.05) is 6.61 Å². The molecule has 1 aromatic carbocycles. The number of benzene rings is 1. The van der Waals surface area contributed by atoms with E-state index < -0.39 is 12.2 Å². The van der Waals surface area contributed by atoms with E-state index in [-0.39, 0.29) is 0 Å². The summed E-state index contributed by atoms with van der Waals surface area (Å²) in [6, 6.07) is 9.85. The molecule has 0 saturated heterocycles. The van der Waals surface area contributed by atoms with E-state index in [0.717, 1.165) is 5.56 Å². The van der Waals surface area contributed by atoms with Crippen LogP contribution in [0.25, 0.3) is 0 Å². The summed E-state index contributed by atoms with van der Waals surface area (Å²) in [5, 5.41) is 19.0. The van der Waals surface area contributed by atoms with Gasteiger partial charge in [0.05, 0.1) is 18.8 Å². The number of rotatable bonds is 8. The largest absolute Gasteiger partial charge is 0.390 e. The highest BCUT2D eigenvalue weighted by atomic mass is 16.5. The zero-order chi connectivity index (χ0) is 12.5. The van der Waals surface area contributed by atoms with Crippen molar-refractivity contribution in [2.75, 3.05) is 6.61 Å². The summed E-state index contributed by atoms with van der Waals surface area (Å²) in [6.45, 7) is 4.48. The fraction of sp³-hybridized carbons (Fsp3) is 0.429. The maximum absolute atomic E-state index is 9.57. The van der Waals surface area contributed by atoms with Crippen molar-refractivity contribution < 1.29 is 14.9 Å². The molecule has 0 aliphatic rings. The van der Waals surface area contributed by atoms with Gasteiger partial charge in [0.25, 0.3) is 0 Å². The van der Waals surface area contributed by atoms with Gasteiger partial charge in [0.1, 0.15) is 0 Å². The summed E-state index contributed by atoms with van der Waals surface area (Å²) in [7, 11) is 0. The van der Waals surface area contributed by atoms with Crippen LogP contribution in [0.1, 0.15) is 18.4 Å². The van der Waals surface area contributed by atoms with Gasteiger partial charge in [-0.15, -0.1) is 6.58 Å². The van der Waals surface area contributed by atoms with E-state index >= 15 is 0 Å². The molecular weight excluding hydrogens is 216 g/mol. The SMILES string of the molecule is C=CC[C@H](O)[C@H](O)CCOCc1ccccc1. The number of aliphatic hydroxyl groups is 2. The first-order valence-electron chi connectivity index (χ1n) is 5.82. The Morgan fingerprint density at radius 2 is 1.88 bits per heavy atom. The summed E-state index contributed by atoms with van der Waals surface area (Å²) in [6.07, 6.45) is 0.942. The third kappa shape index (κ3) is 5.63. The van der Waals surface area contributed by atoms with Crippen molar-refractivity contribution in [3.05, 3.63) is 48.6 Å². The lowest BCUT2D eigenvalue weighted by atomic mass is 10.1. The molecule has 3 nitrogen and oxygen atoms in total. The molecule has 0 heterocycles. The fourth-order valence-electron chi connectivity index (χ4n) is 1.49. The Balaban J connectivity index is 2.13. The van der Waals surface area contributed by atoms with E-state index in [4.69, 9.17) is 4.74 Å². The van der Waals surface area contributed by atoms with Gasteiger partial charge in [0.2, 0.25) is 0 Å². The summed E-state index contributed by atoms with van der Waals surface area (Å²) in [4.78, 5) is 0. The van der Waals surface area contributed by atoms with E-state index in [2.05, 4.69) is 6.58 Å². The second-order valence-corrected chi connectivity index (χ2v) is 3.99. The standard InChI is InChI=1S/C14H20O3/c1-2-6-13(15)14(16)9-10-17-11-12-7-4-3-5-8-12/h2-5,7-8,13-16H,1,6,9-11H2/t13-,14+/m0/s1. The zero-order valence-corrected chi connectivity index (χ0v) is 9.96. The van der Waals surface area contributed by atoms with Gasteiger partial charge in [-0.25, -0.2) is 0 Å². The lowest BCUT2D eigenvalue weighted by Crippen LogP contribution is -2.26. The smallest absolute Gasteiger partial charge is 0.0834 e. The predicted molar refractivity (Wildman–Crippen MR) is 67.5 cm³/mol. The summed E-state index contributed by atoms with van der Waals surface area (Å²) in [5.41, 5.74) is 1.11. The normalized spacial score (nSPS) is 14.2. The molecule has 1 rings (SSSR count). The summed E-state index contributed by atoms with van der Waals surface area (Å²) in [5.74, 6) is 0. The molecule has 1 aromatic rings. The van der Waals surface area contributed by atoms with Crippen LogP contribution in [0.4, 0.5) is 0 Å². The van der Waals surface area contributed by atoms with Crippen LogP contribution in [0.5, 0.6) is 0 Å². The van der Waals surface area contributed by atoms with E-state index in [1.165, 1.54) is 0 Å². The van der Waals surface area contributed by atoms with Crippen molar-refractivity contribution in [1.29, 1.82) is 0 Å². The van der Waals surface area contributed by atoms with Gasteiger partial charge in [-0.2, -0.15) is 0 Å². The van der Waals surface area contributed by atoms with Crippen molar-refractivity contribution in [1.82, 2.24) is 0 Å². The Kier molecular flexibility index (Phi) is 6.55. The van der Waals surface area contributed by atoms with Crippen LogP contribution in [0.2, 0.25) is 0 Å². The maximum Gasteiger partial charge on any atom is 0.0834 e. The molecule has 0 bridgehead atoms. The minimum absolute atomic E-state index is 0.403.